The molecule has 0 aromatic heterocycles. The molecule has 2 unspecified atom stereocenters. The lowest BCUT2D eigenvalue weighted by molar-refractivity contribution is -0.149. The van der Waals surface area contributed by atoms with Crippen LogP contribution >= 0.6 is 0 Å². The highest BCUT2D eigenvalue weighted by Crippen LogP contribution is 2.27. The monoisotopic (exact) mass is 744 g/mol. The lowest BCUT2D eigenvalue weighted by atomic mass is 9.85. The molecule has 5 N–H and O–H groups in total. The molecule has 5 amide bonds. The predicted molar refractivity (Wildman–Crippen MR) is 210 cm³/mol. The van der Waals surface area contributed by atoms with E-state index < -0.39 is 59.4 Å². The van der Waals surface area contributed by atoms with Gasteiger partial charge in [0, 0.05) is 33.4 Å². The van der Waals surface area contributed by atoms with Crippen molar-refractivity contribution in [3.8, 4) is 0 Å². The summed E-state index contributed by atoms with van der Waals surface area (Å²) in [5.41, 5.74) is 0.442. The number of hydrogen-bond acceptors (Lipinski definition) is 8. The fraction of sp³-hybridized carbons (Fsp3) is 0.700. The molecule has 3 aliphatic rings. The highest BCUT2D eigenvalue weighted by molar-refractivity contribution is 6.37. The van der Waals surface area contributed by atoms with Crippen LogP contribution in [0.25, 0.3) is 0 Å². The van der Waals surface area contributed by atoms with Crippen molar-refractivity contribution in [1.29, 1.82) is 0 Å². The topological polar surface area (TPSA) is 169 Å². The highest BCUT2D eigenvalue weighted by Gasteiger charge is 2.43. The van der Waals surface area contributed by atoms with E-state index in [0.29, 0.717) is 19.4 Å². The number of carbonyl (C=O) groups excluding carboxylic acids is 6. The van der Waals surface area contributed by atoms with E-state index in [1.165, 1.54) is 60.9 Å². The molecule has 53 heavy (non-hydrogen) atoms. The molecular weight excluding hydrogens is 674 g/mol. The van der Waals surface area contributed by atoms with E-state index in [4.69, 9.17) is 0 Å². The Bertz CT molecular complexity index is 1290. The first-order valence-corrected chi connectivity index (χ1v) is 19.6. The summed E-state index contributed by atoms with van der Waals surface area (Å²) in [6.45, 7) is 12.9. The molecule has 2 aliphatic carbocycles. The van der Waals surface area contributed by atoms with E-state index in [-0.39, 0.29) is 24.8 Å². The summed E-state index contributed by atoms with van der Waals surface area (Å²) in [4.78, 5) is 80.8. The molecule has 1 aliphatic heterocycles. The lowest BCUT2D eigenvalue weighted by Crippen LogP contribution is -2.59. The van der Waals surface area contributed by atoms with Gasteiger partial charge in [-0.3, -0.25) is 28.8 Å². The molecule has 13 heteroatoms. The maximum absolute atomic E-state index is 13.8. The van der Waals surface area contributed by atoms with Gasteiger partial charge in [0.25, 0.3) is 11.8 Å². The lowest BCUT2D eigenvalue weighted by Gasteiger charge is -2.36. The number of hydrogen-bond donors (Lipinski definition) is 5. The number of Topliss-reactive ketones (excluding diaryl/α,β-unsaturated/α-hetero) is 1. The Balaban J connectivity index is 0.00000137. The minimum absolute atomic E-state index is 0.176. The number of carbonyl (C=O) groups is 6. The first kappa shape index (κ1) is 46.9. The summed E-state index contributed by atoms with van der Waals surface area (Å²) in [5.74, 6) is -3.42. The van der Waals surface area contributed by atoms with E-state index in [1.807, 2.05) is 18.2 Å². The first-order chi connectivity index (χ1) is 25.2. The Morgan fingerprint density at radius 1 is 0.906 bits per heavy atom. The molecule has 3 rings (SSSR count). The number of ketones is 1. The van der Waals surface area contributed by atoms with Gasteiger partial charge in [-0.2, -0.15) is 0 Å². The van der Waals surface area contributed by atoms with E-state index in [1.54, 1.807) is 48.7 Å². The van der Waals surface area contributed by atoms with Crippen LogP contribution in [0.5, 0.6) is 0 Å². The Morgan fingerprint density at radius 3 is 2.00 bits per heavy atom. The van der Waals surface area contributed by atoms with Gasteiger partial charge in [-0.15, -0.1) is 0 Å². The molecule has 0 aromatic rings. The predicted octanol–water partition coefficient (Wildman–Crippen LogP) is 3.86. The minimum atomic E-state index is -0.982. The van der Waals surface area contributed by atoms with Gasteiger partial charge in [0.15, 0.2) is 0 Å². The first-order valence-electron chi connectivity index (χ1n) is 19.6. The molecule has 300 valence electrons. The van der Waals surface area contributed by atoms with Crippen LogP contribution in [0.1, 0.15) is 119 Å². The third kappa shape index (κ3) is 16.6. The second-order valence-electron chi connectivity index (χ2n) is 14.8. The highest BCUT2D eigenvalue weighted by atomic mass is 16.2. The summed E-state index contributed by atoms with van der Waals surface area (Å²) < 4.78 is 0. The molecule has 0 aromatic carbocycles. The van der Waals surface area contributed by atoms with Gasteiger partial charge < -0.3 is 36.4 Å². The van der Waals surface area contributed by atoms with Gasteiger partial charge in [0.2, 0.25) is 23.5 Å². The standard InChI is InChI=1S/C31H49N7O6.C6H12.C3H8/c1-8-37(19-24(39)28(42)35-20(2)21-13-10-9-11-14-21)29(43)23-15-12-16-38(23)30(44)26(31(3,4)5)36-25(40)18-34-27(41)22(33-7)17-32-6;1-2-4-6-5-3-1;1-3-2/h10,13-14,17,20,23,26,32-33H,8-9,11-12,15-16,18-19H2,1-7H3,(H,34,41)(H,35,42)(H,36,40);1-6H2;3H2,1-2H3/b22-17-;;/t20-,23?,26?;;/m0../s1. The normalized spacial score (nSPS) is 18.0. The second kappa shape index (κ2) is 25.0. The quantitative estimate of drug-likeness (QED) is 0.132. The maximum atomic E-state index is 13.8. The van der Waals surface area contributed by atoms with E-state index >= 15 is 0 Å². The maximum Gasteiger partial charge on any atom is 0.289 e. The van der Waals surface area contributed by atoms with Gasteiger partial charge in [0.1, 0.15) is 17.8 Å². The van der Waals surface area contributed by atoms with Crippen molar-refractivity contribution in [2.75, 3.05) is 40.3 Å². The number of rotatable bonds is 14. The fourth-order valence-corrected chi connectivity index (χ4v) is 6.14. The zero-order chi connectivity index (χ0) is 40.0. The van der Waals surface area contributed by atoms with Crippen LogP contribution in [0, 0.1) is 5.41 Å². The Morgan fingerprint density at radius 2 is 1.51 bits per heavy atom. The average molecular weight is 744 g/mol. The molecule has 3 atom stereocenters. The van der Waals surface area contributed by atoms with Crippen molar-refractivity contribution in [1.82, 2.24) is 36.4 Å². The number of nitrogens with one attached hydrogen (secondary N) is 5. The minimum Gasteiger partial charge on any atom is -0.392 e. The van der Waals surface area contributed by atoms with Gasteiger partial charge in [-0.1, -0.05) is 97.8 Å². The van der Waals surface area contributed by atoms with Gasteiger partial charge >= 0.3 is 0 Å². The van der Waals surface area contributed by atoms with Crippen LogP contribution in [0.15, 0.2) is 35.7 Å². The molecule has 1 saturated heterocycles. The summed E-state index contributed by atoms with van der Waals surface area (Å²) in [7, 11) is 3.21. The summed E-state index contributed by atoms with van der Waals surface area (Å²) in [5, 5.41) is 13.4. The summed E-state index contributed by atoms with van der Waals surface area (Å²) in [6, 6.07) is -2.16. The van der Waals surface area contributed by atoms with Crippen molar-refractivity contribution < 1.29 is 28.8 Å². The Hall–Kier alpha value is -4.16. The third-order valence-corrected chi connectivity index (χ3v) is 9.10. The molecule has 0 spiro atoms. The van der Waals surface area contributed by atoms with Crippen molar-refractivity contribution in [2.24, 2.45) is 5.41 Å². The van der Waals surface area contributed by atoms with Gasteiger partial charge in [-0.05, 0) is 50.5 Å². The van der Waals surface area contributed by atoms with E-state index in [9.17, 15) is 28.8 Å². The molecule has 0 bridgehead atoms. The average Bonchev–Trinajstić information content (AvgIpc) is 3.65. The summed E-state index contributed by atoms with van der Waals surface area (Å²) >= 11 is 0. The summed E-state index contributed by atoms with van der Waals surface area (Å²) in [6.07, 6.45) is 20.4. The van der Waals surface area contributed by atoms with Crippen LogP contribution in [0.4, 0.5) is 0 Å². The SMILES string of the molecule is C1CCCCC1.CCC.CCN(CC(=O)C(=O)N[C@@H](C)C1=CCCC=C1)C(=O)C1CCCN1C(=O)C(NC(=O)CNC(=O)/C(=C/NC)NC)C(C)(C)C. The Labute approximate surface area is 318 Å². The smallest absolute Gasteiger partial charge is 0.289 e. The molecule has 0 radical (unpaired) electrons. The van der Waals surface area contributed by atoms with Crippen molar-refractivity contribution in [3.05, 3.63) is 35.7 Å². The van der Waals surface area contributed by atoms with Crippen LogP contribution in [-0.4, -0.2) is 104 Å². The van der Waals surface area contributed by atoms with Crippen molar-refractivity contribution in [3.63, 3.8) is 0 Å². The van der Waals surface area contributed by atoms with Gasteiger partial charge in [0.05, 0.1) is 19.1 Å². The number of likely N-dealkylation sites (N-methyl/N-ethyl adjacent to an activating group) is 2. The number of likely N-dealkylation sites (tertiary alicyclic amines) is 1. The molecule has 1 saturated carbocycles. The van der Waals surface area contributed by atoms with Crippen LogP contribution in [-0.2, 0) is 28.8 Å². The number of amides is 5. The largest absolute Gasteiger partial charge is 0.392 e. The van der Waals surface area contributed by atoms with Crippen LogP contribution in [0.3, 0.4) is 0 Å². The van der Waals surface area contributed by atoms with Crippen molar-refractivity contribution >= 4 is 35.3 Å². The zero-order valence-electron chi connectivity index (χ0n) is 34.0. The Kier molecular flexibility index (Phi) is 22.1. The number of allylic oxidation sites excluding steroid dienone is 2. The van der Waals surface area contributed by atoms with Crippen LogP contribution in [0.2, 0.25) is 0 Å². The van der Waals surface area contributed by atoms with Crippen molar-refractivity contribution in [2.45, 2.75) is 137 Å². The molecule has 1 heterocycles. The molecular formula is C40H69N7O6. The van der Waals surface area contributed by atoms with E-state index in [2.05, 4.69) is 40.4 Å². The second-order valence-corrected chi connectivity index (χ2v) is 14.8. The fourth-order valence-electron chi connectivity index (χ4n) is 6.14. The van der Waals surface area contributed by atoms with E-state index in [0.717, 1.165) is 18.4 Å². The number of nitrogens with zero attached hydrogens (tertiary/aromatic N) is 2. The molecule has 13 nitrogen and oxygen atoms in total. The van der Waals surface area contributed by atoms with Crippen LogP contribution < -0.4 is 26.6 Å². The third-order valence-electron chi connectivity index (χ3n) is 9.10. The molecule has 2 fully saturated rings. The van der Waals surface area contributed by atoms with Gasteiger partial charge in [-0.25, -0.2) is 0 Å². The zero-order valence-corrected chi connectivity index (χ0v) is 34.0.